The predicted molar refractivity (Wildman–Crippen MR) is 188 cm³/mol. The Balaban J connectivity index is 1.83. The van der Waals surface area contributed by atoms with Gasteiger partial charge in [-0.15, -0.1) is 0 Å². The number of rotatable bonds is 15. The van der Waals surface area contributed by atoms with Crippen molar-refractivity contribution in [3.8, 4) is 11.5 Å². The molecule has 0 aliphatic rings. The van der Waals surface area contributed by atoms with E-state index in [-0.39, 0.29) is 18.3 Å². The molecule has 0 saturated carbocycles. The van der Waals surface area contributed by atoms with Crippen LogP contribution in [0.2, 0.25) is 18.1 Å². The smallest absolute Gasteiger partial charge is 0.330 e. The van der Waals surface area contributed by atoms with Crippen LogP contribution in [0.25, 0.3) is 0 Å². The number of nitrogens with one attached hydrogen (secondary N) is 1. The second kappa shape index (κ2) is 15.5. The molecule has 0 fully saturated rings. The molecule has 0 aliphatic carbocycles. The number of H-pyrrole nitrogens is 1. The van der Waals surface area contributed by atoms with Crippen LogP contribution in [-0.2, 0) is 19.5 Å². The summed E-state index contributed by atoms with van der Waals surface area (Å²) in [5, 5.41) is 10.4. The third-order valence-electron chi connectivity index (χ3n) is 9.06. The Morgan fingerprint density at radius 1 is 0.812 bits per heavy atom. The number of aromatic nitrogens is 2. The van der Waals surface area contributed by atoms with Crippen LogP contribution in [-0.4, -0.2) is 63.1 Å². The zero-order chi connectivity index (χ0) is 35.1. The summed E-state index contributed by atoms with van der Waals surface area (Å²) in [4.78, 5) is 27.2. The number of hydrogen-bond acceptors (Lipinski definition) is 8. The first-order chi connectivity index (χ1) is 22.7. The second-order valence-electron chi connectivity index (χ2n) is 13.3. The van der Waals surface area contributed by atoms with Crippen molar-refractivity contribution in [1.82, 2.24) is 9.55 Å². The summed E-state index contributed by atoms with van der Waals surface area (Å²) in [7, 11) is 0.978. The predicted octanol–water partition coefficient (Wildman–Crippen LogP) is 5.77. The fourth-order valence-electron chi connectivity index (χ4n) is 5.16. The highest BCUT2D eigenvalue weighted by Crippen LogP contribution is 2.42. The second-order valence-corrected chi connectivity index (χ2v) is 18.1. The third kappa shape index (κ3) is 8.16. The average molecular weight is 677 g/mol. The van der Waals surface area contributed by atoms with Crippen molar-refractivity contribution in [3.63, 3.8) is 0 Å². The molecule has 2 N–H and O–H groups in total. The van der Waals surface area contributed by atoms with Crippen LogP contribution >= 0.6 is 0 Å². The van der Waals surface area contributed by atoms with Gasteiger partial charge in [-0.05, 0) is 66.0 Å². The van der Waals surface area contributed by atoms with Gasteiger partial charge in [-0.1, -0.05) is 75.4 Å². The highest BCUT2D eigenvalue weighted by molar-refractivity contribution is 6.74. The van der Waals surface area contributed by atoms with Crippen LogP contribution in [0.1, 0.15) is 49.3 Å². The molecule has 3 aromatic carbocycles. The molecule has 0 amide bonds. The van der Waals surface area contributed by atoms with Crippen molar-refractivity contribution in [2.45, 2.75) is 63.8 Å². The van der Waals surface area contributed by atoms with Crippen LogP contribution in [0.15, 0.2) is 94.6 Å². The molecule has 4 rings (SSSR count). The van der Waals surface area contributed by atoms with Gasteiger partial charge in [-0.25, -0.2) is 4.79 Å². The Labute approximate surface area is 283 Å². The van der Waals surface area contributed by atoms with Crippen molar-refractivity contribution in [1.29, 1.82) is 0 Å². The molecule has 4 aromatic rings. The van der Waals surface area contributed by atoms with Gasteiger partial charge in [0, 0.05) is 11.8 Å². The number of hydrogen-bond donors (Lipinski definition) is 2. The van der Waals surface area contributed by atoms with Gasteiger partial charge in [0.05, 0.1) is 34.0 Å². The van der Waals surface area contributed by atoms with Crippen molar-refractivity contribution in [3.05, 3.63) is 128 Å². The highest BCUT2D eigenvalue weighted by Gasteiger charge is 2.41. The van der Waals surface area contributed by atoms with Gasteiger partial charge in [-0.3, -0.25) is 14.3 Å². The summed E-state index contributed by atoms with van der Waals surface area (Å²) in [6.45, 7) is 12.0. The van der Waals surface area contributed by atoms with Crippen LogP contribution < -0.4 is 20.7 Å². The molecule has 1 aromatic heterocycles. The highest BCUT2D eigenvalue weighted by atomic mass is 28.4. The van der Waals surface area contributed by atoms with E-state index in [9.17, 15) is 14.7 Å². The summed E-state index contributed by atoms with van der Waals surface area (Å²) in [6, 6.07) is 25.3. The van der Waals surface area contributed by atoms with E-state index in [2.05, 4.69) is 38.8 Å². The summed E-state index contributed by atoms with van der Waals surface area (Å²) in [6.07, 6.45) is -0.467. The van der Waals surface area contributed by atoms with Crippen molar-refractivity contribution < 1.29 is 28.5 Å². The van der Waals surface area contributed by atoms with E-state index >= 15 is 0 Å². The minimum atomic E-state index is -2.27. The van der Waals surface area contributed by atoms with E-state index < -0.39 is 44.1 Å². The van der Waals surface area contributed by atoms with Gasteiger partial charge >= 0.3 is 5.69 Å². The molecule has 0 radical (unpaired) electrons. The maximum atomic E-state index is 12.8. The van der Waals surface area contributed by atoms with Crippen LogP contribution in [0.3, 0.4) is 0 Å². The Kier molecular flexibility index (Phi) is 11.9. The molecule has 0 spiro atoms. The maximum Gasteiger partial charge on any atom is 0.330 e. The molecular formula is C37H48N2O8Si. The van der Waals surface area contributed by atoms with Gasteiger partial charge in [0.25, 0.3) is 5.56 Å². The molecule has 0 aliphatic heterocycles. The van der Waals surface area contributed by atoms with Gasteiger partial charge in [0.15, 0.2) is 14.5 Å². The Morgan fingerprint density at radius 2 is 1.33 bits per heavy atom. The SMILES string of the molecule is COc1ccc(C(OC[C@H](CO[Si](C)(C)C(C)(C)C)O[C@H](CO)n2cc(C)c(=O)[nH]c2=O)(c2ccccc2)c2ccc(OC)cc2)cc1. The Bertz CT molecular complexity index is 1680. The fourth-order valence-corrected chi connectivity index (χ4v) is 6.19. The lowest BCUT2D eigenvalue weighted by Crippen LogP contribution is -2.45. The van der Waals surface area contributed by atoms with E-state index in [0.717, 1.165) is 16.7 Å². The first-order valence-corrected chi connectivity index (χ1v) is 18.9. The monoisotopic (exact) mass is 676 g/mol. The van der Waals surface area contributed by atoms with Crippen LogP contribution in [0, 0.1) is 6.92 Å². The minimum Gasteiger partial charge on any atom is -0.497 e. The van der Waals surface area contributed by atoms with E-state index in [0.29, 0.717) is 17.1 Å². The lowest BCUT2D eigenvalue weighted by atomic mass is 9.80. The summed E-state index contributed by atoms with van der Waals surface area (Å²) >= 11 is 0. The molecule has 0 saturated heterocycles. The number of benzene rings is 3. The molecule has 10 nitrogen and oxygen atoms in total. The molecule has 258 valence electrons. The largest absolute Gasteiger partial charge is 0.497 e. The Hall–Kier alpha value is -4.00. The molecule has 0 unspecified atom stereocenters. The normalized spacial score (nSPS) is 13.6. The summed E-state index contributed by atoms with van der Waals surface area (Å²) in [5.41, 5.74) is 0.549. The molecule has 1 heterocycles. The first kappa shape index (κ1) is 36.8. The van der Waals surface area contributed by atoms with Crippen molar-refractivity contribution in [2.75, 3.05) is 34.0 Å². The maximum absolute atomic E-state index is 12.8. The lowest BCUT2D eigenvalue weighted by molar-refractivity contribution is -0.137. The van der Waals surface area contributed by atoms with Gasteiger partial charge in [0.1, 0.15) is 23.2 Å². The zero-order valence-corrected chi connectivity index (χ0v) is 30.1. The van der Waals surface area contributed by atoms with E-state index in [1.807, 2.05) is 78.9 Å². The first-order valence-electron chi connectivity index (χ1n) is 16.0. The van der Waals surface area contributed by atoms with Crippen molar-refractivity contribution in [2.24, 2.45) is 0 Å². The number of aromatic amines is 1. The summed E-state index contributed by atoms with van der Waals surface area (Å²) in [5.74, 6) is 1.40. The number of aryl methyl sites for hydroxylation is 1. The van der Waals surface area contributed by atoms with Gasteiger partial charge in [-0.2, -0.15) is 0 Å². The zero-order valence-electron chi connectivity index (χ0n) is 29.1. The van der Waals surface area contributed by atoms with E-state index in [4.69, 9.17) is 23.4 Å². The number of methoxy groups -OCH3 is 2. The van der Waals surface area contributed by atoms with Crippen molar-refractivity contribution >= 4 is 8.32 Å². The van der Waals surface area contributed by atoms with Crippen LogP contribution in [0.5, 0.6) is 11.5 Å². The molecule has 11 heteroatoms. The number of aliphatic hydroxyl groups is 1. The minimum absolute atomic E-state index is 0.00909. The van der Waals surface area contributed by atoms with E-state index in [1.165, 1.54) is 10.8 Å². The quantitative estimate of drug-likeness (QED) is 0.120. The number of nitrogens with zero attached hydrogens (tertiary/aromatic N) is 1. The van der Waals surface area contributed by atoms with Gasteiger partial charge < -0.3 is 28.5 Å². The molecule has 2 atom stereocenters. The van der Waals surface area contributed by atoms with Crippen LogP contribution in [0.4, 0.5) is 0 Å². The number of ether oxygens (including phenoxy) is 4. The summed E-state index contributed by atoms with van der Waals surface area (Å²) < 4.78 is 32.3. The van der Waals surface area contributed by atoms with E-state index in [1.54, 1.807) is 21.1 Å². The number of aliphatic hydroxyl groups excluding tert-OH is 1. The Morgan fingerprint density at radius 3 is 1.81 bits per heavy atom. The standard InChI is InChI=1S/C37H48N2O8Si/c1-26-22-39(35(42)38-34(26)41)33(23-40)47-32(25-46-48(7,8)36(2,3)4)24-45-37(27-12-10-9-11-13-27,28-14-18-30(43-5)19-15-28)29-16-20-31(44-6)21-17-29/h9-22,32-33,40H,23-25H2,1-8H3,(H,38,41,42)/t32-,33-/m1/s1. The van der Waals surface area contributed by atoms with Gasteiger partial charge in [0.2, 0.25) is 0 Å². The molecular weight excluding hydrogens is 628 g/mol. The molecule has 48 heavy (non-hydrogen) atoms. The topological polar surface area (TPSA) is 121 Å². The average Bonchev–Trinajstić information content (AvgIpc) is 3.08. The third-order valence-corrected chi connectivity index (χ3v) is 13.6. The lowest BCUT2D eigenvalue weighted by Gasteiger charge is -2.39. The molecule has 0 bridgehead atoms. The fraction of sp³-hybridized carbons (Fsp3) is 0.405.